The number of amides is 2. The topological polar surface area (TPSA) is 75.4 Å². The van der Waals surface area contributed by atoms with Crippen LogP contribution in [0.5, 0.6) is 0 Å². The Labute approximate surface area is 132 Å². The summed E-state index contributed by atoms with van der Waals surface area (Å²) in [6.45, 7) is 5.74. The number of rotatable bonds is 5. The molecular weight excluding hydrogens is 290 g/mol. The first kappa shape index (κ1) is 19.4. The smallest absolute Gasteiger partial charge is 0.243 e. The molecule has 1 aromatic carbocycles. The van der Waals surface area contributed by atoms with Crippen LogP contribution in [0.3, 0.4) is 0 Å². The molecule has 0 spiro atoms. The van der Waals surface area contributed by atoms with Crippen molar-refractivity contribution in [2.45, 2.75) is 33.2 Å². The summed E-state index contributed by atoms with van der Waals surface area (Å²) in [6, 6.07) is 5.53. The minimum atomic E-state index is -0.209. The number of nitrogens with two attached hydrogens (primary N) is 1. The van der Waals surface area contributed by atoms with E-state index in [9.17, 15) is 9.59 Å². The fraction of sp³-hybridized carbons (Fsp3) is 0.467. The van der Waals surface area contributed by atoms with Crippen LogP contribution >= 0.6 is 12.4 Å². The molecule has 0 heterocycles. The molecule has 0 saturated carbocycles. The SMILES string of the molecule is Cc1cccc(NC(=O)CN(C)C(=O)CC(C)N)c1C.Cl. The second-order valence-corrected chi connectivity index (χ2v) is 5.23. The normalized spacial score (nSPS) is 11.3. The first-order chi connectivity index (χ1) is 9.31. The maximum atomic E-state index is 11.9. The van der Waals surface area contributed by atoms with Gasteiger partial charge in [-0.25, -0.2) is 0 Å². The Kier molecular flexibility index (Phi) is 7.99. The Balaban J connectivity index is 0.00000400. The lowest BCUT2D eigenvalue weighted by atomic mass is 10.1. The number of halogens is 1. The number of aryl methyl sites for hydroxylation is 1. The highest BCUT2D eigenvalue weighted by Gasteiger charge is 2.15. The Morgan fingerprint density at radius 3 is 2.52 bits per heavy atom. The van der Waals surface area contributed by atoms with E-state index < -0.39 is 0 Å². The lowest BCUT2D eigenvalue weighted by molar-refractivity contribution is -0.133. The number of hydrogen-bond acceptors (Lipinski definition) is 3. The third kappa shape index (κ3) is 6.14. The van der Waals surface area contributed by atoms with E-state index in [2.05, 4.69) is 5.32 Å². The van der Waals surface area contributed by atoms with E-state index in [0.717, 1.165) is 16.8 Å². The quantitative estimate of drug-likeness (QED) is 0.871. The van der Waals surface area contributed by atoms with E-state index in [-0.39, 0.29) is 43.2 Å². The molecule has 0 radical (unpaired) electrons. The number of likely N-dealkylation sites (N-methyl/N-ethyl adjacent to an activating group) is 1. The number of nitrogens with one attached hydrogen (secondary N) is 1. The number of hydrogen-bond donors (Lipinski definition) is 2. The predicted octanol–water partition coefficient (Wildman–Crippen LogP) is 1.86. The van der Waals surface area contributed by atoms with Crippen LogP contribution in [0.25, 0.3) is 0 Å². The van der Waals surface area contributed by atoms with Crippen molar-refractivity contribution < 1.29 is 9.59 Å². The Morgan fingerprint density at radius 1 is 1.33 bits per heavy atom. The minimum absolute atomic E-state index is 0. The van der Waals surface area contributed by atoms with Crippen LogP contribution in [-0.4, -0.2) is 36.3 Å². The third-order valence-electron chi connectivity index (χ3n) is 3.18. The summed E-state index contributed by atoms with van der Waals surface area (Å²) >= 11 is 0. The van der Waals surface area contributed by atoms with Gasteiger partial charge in [-0.3, -0.25) is 9.59 Å². The van der Waals surface area contributed by atoms with Crippen LogP contribution in [0.15, 0.2) is 18.2 Å². The first-order valence-corrected chi connectivity index (χ1v) is 6.67. The highest BCUT2D eigenvalue weighted by Crippen LogP contribution is 2.17. The van der Waals surface area contributed by atoms with Crippen molar-refractivity contribution >= 4 is 29.9 Å². The summed E-state index contributed by atoms with van der Waals surface area (Å²) in [5, 5.41) is 2.83. The zero-order valence-electron chi connectivity index (χ0n) is 13.0. The molecule has 6 heteroatoms. The molecule has 0 saturated heterocycles. The van der Waals surface area contributed by atoms with Gasteiger partial charge >= 0.3 is 0 Å². The molecule has 0 aliphatic carbocycles. The van der Waals surface area contributed by atoms with E-state index in [1.165, 1.54) is 4.90 Å². The molecule has 0 aromatic heterocycles. The van der Waals surface area contributed by atoms with Gasteiger partial charge in [0.15, 0.2) is 0 Å². The summed E-state index contributed by atoms with van der Waals surface area (Å²) in [5.74, 6) is -0.338. The fourth-order valence-corrected chi connectivity index (χ4v) is 1.81. The molecule has 0 fully saturated rings. The van der Waals surface area contributed by atoms with E-state index in [4.69, 9.17) is 5.73 Å². The van der Waals surface area contributed by atoms with Crippen LogP contribution in [0, 0.1) is 13.8 Å². The number of anilines is 1. The van der Waals surface area contributed by atoms with E-state index in [0.29, 0.717) is 0 Å². The summed E-state index contributed by atoms with van der Waals surface area (Å²) < 4.78 is 0. The third-order valence-corrected chi connectivity index (χ3v) is 3.18. The highest BCUT2D eigenvalue weighted by atomic mass is 35.5. The maximum Gasteiger partial charge on any atom is 0.243 e. The molecule has 0 aliphatic rings. The highest BCUT2D eigenvalue weighted by molar-refractivity contribution is 5.95. The van der Waals surface area contributed by atoms with Crippen molar-refractivity contribution in [3.63, 3.8) is 0 Å². The molecule has 3 N–H and O–H groups in total. The molecule has 0 bridgehead atoms. The molecule has 1 aromatic rings. The Bertz CT molecular complexity index is 504. The number of carbonyl (C=O) groups is 2. The van der Waals surface area contributed by atoms with Gasteiger partial charge in [0.25, 0.3) is 0 Å². The summed E-state index contributed by atoms with van der Waals surface area (Å²) in [4.78, 5) is 25.1. The number of nitrogens with zero attached hydrogens (tertiary/aromatic N) is 1. The minimum Gasteiger partial charge on any atom is -0.336 e. The second-order valence-electron chi connectivity index (χ2n) is 5.23. The van der Waals surface area contributed by atoms with Crippen LogP contribution in [0.4, 0.5) is 5.69 Å². The van der Waals surface area contributed by atoms with Crippen LogP contribution in [0.1, 0.15) is 24.5 Å². The molecule has 0 aliphatic heterocycles. The molecule has 1 atom stereocenters. The predicted molar refractivity (Wildman–Crippen MR) is 87.7 cm³/mol. The summed E-state index contributed by atoms with van der Waals surface area (Å²) in [7, 11) is 1.60. The average Bonchev–Trinajstić information content (AvgIpc) is 2.34. The Hall–Kier alpha value is -1.59. The van der Waals surface area contributed by atoms with Gasteiger partial charge in [0.1, 0.15) is 0 Å². The van der Waals surface area contributed by atoms with Gasteiger partial charge in [0.05, 0.1) is 6.54 Å². The maximum absolute atomic E-state index is 11.9. The average molecular weight is 314 g/mol. The molecule has 1 rings (SSSR count). The first-order valence-electron chi connectivity index (χ1n) is 6.67. The van der Waals surface area contributed by atoms with Crippen molar-refractivity contribution in [1.29, 1.82) is 0 Å². The van der Waals surface area contributed by atoms with Crippen molar-refractivity contribution in [2.24, 2.45) is 5.73 Å². The van der Waals surface area contributed by atoms with Crippen molar-refractivity contribution in [3.8, 4) is 0 Å². The fourth-order valence-electron chi connectivity index (χ4n) is 1.81. The molecule has 1 unspecified atom stereocenters. The molecule has 118 valence electrons. The van der Waals surface area contributed by atoms with Gasteiger partial charge < -0.3 is 16.0 Å². The molecule has 2 amide bonds. The van der Waals surface area contributed by atoms with Gasteiger partial charge in [-0.15, -0.1) is 12.4 Å². The lowest BCUT2D eigenvalue weighted by Gasteiger charge is -2.18. The van der Waals surface area contributed by atoms with E-state index in [1.807, 2.05) is 32.0 Å². The van der Waals surface area contributed by atoms with Crippen LogP contribution < -0.4 is 11.1 Å². The molecule has 21 heavy (non-hydrogen) atoms. The lowest BCUT2D eigenvalue weighted by Crippen LogP contribution is -2.37. The number of benzene rings is 1. The van der Waals surface area contributed by atoms with Crippen LogP contribution in [0.2, 0.25) is 0 Å². The zero-order valence-corrected chi connectivity index (χ0v) is 13.8. The molecule has 5 nitrogen and oxygen atoms in total. The van der Waals surface area contributed by atoms with E-state index >= 15 is 0 Å². The number of carbonyl (C=O) groups excluding carboxylic acids is 2. The summed E-state index contributed by atoms with van der Waals surface area (Å²) in [5.41, 5.74) is 8.50. The Morgan fingerprint density at radius 2 is 1.95 bits per heavy atom. The van der Waals surface area contributed by atoms with Crippen LogP contribution in [-0.2, 0) is 9.59 Å². The van der Waals surface area contributed by atoms with Crippen molar-refractivity contribution in [3.05, 3.63) is 29.3 Å². The summed E-state index contributed by atoms with van der Waals surface area (Å²) in [6.07, 6.45) is 0.243. The zero-order chi connectivity index (χ0) is 15.3. The van der Waals surface area contributed by atoms with Crippen molar-refractivity contribution in [1.82, 2.24) is 4.90 Å². The second kappa shape index (κ2) is 8.64. The van der Waals surface area contributed by atoms with Gasteiger partial charge in [0, 0.05) is 25.2 Å². The van der Waals surface area contributed by atoms with Gasteiger partial charge in [-0.05, 0) is 38.0 Å². The molecular formula is C15H24ClN3O2. The van der Waals surface area contributed by atoms with Gasteiger partial charge in [-0.1, -0.05) is 12.1 Å². The van der Waals surface area contributed by atoms with E-state index in [1.54, 1.807) is 14.0 Å². The van der Waals surface area contributed by atoms with Gasteiger partial charge in [-0.2, -0.15) is 0 Å². The van der Waals surface area contributed by atoms with Crippen molar-refractivity contribution in [2.75, 3.05) is 18.9 Å². The van der Waals surface area contributed by atoms with Gasteiger partial charge in [0.2, 0.25) is 11.8 Å². The largest absolute Gasteiger partial charge is 0.336 e. The monoisotopic (exact) mass is 313 g/mol. The standard InChI is InChI=1S/C15H23N3O2.ClH/c1-10-6-5-7-13(12(10)3)17-14(19)9-18(4)15(20)8-11(2)16;/h5-7,11H,8-9,16H2,1-4H3,(H,17,19);1H.